The lowest BCUT2D eigenvalue weighted by Crippen LogP contribution is -2.45. The standard InChI is InChI=1S/C13H19ClN2O3S/c1-10-4-2-6-13(17,8-10)9-16-20(18,19)11-5-3-7-15-12(11)14/h3,5,7,10,16-17H,2,4,6,8-9H2,1H3. The molecule has 1 aromatic heterocycles. The number of aliphatic hydroxyl groups is 1. The van der Waals surface area contributed by atoms with Crippen LogP contribution in [-0.2, 0) is 10.0 Å². The van der Waals surface area contributed by atoms with Crippen molar-refractivity contribution in [3.05, 3.63) is 23.5 Å². The third-order valence-electron chi connectivity index (χ3n) is 3.67. The van der Waals surface area contributed by atoms with Crippen molar-refractivity contribution in [2.75, 3.05) is 6.54 Å². The van der Waals surface area contributed by atoms with Crippen molar-refractivity contribution in [3.8, 4) is 0 Å². The maximum Gasteiger partial charge on any atom is 0.243 e. The van der Waals surface area contributed by atoms with Gasteiger partial charge < -0.3 is 5.11 Å². The van der Waals surface area contributed by atoms with Gasteiger partial charge in [-0.05, 0) is 30.9 Å². The minimum Gasteiger partial charge on any atom is -0.389 e. The van der Waals surface area contributed by atoms with Gasteiger partial charge in [-0.2, -0.15) is 0 Å². The number of halogens is 1. The minimum absolute atomic E-state index is 0.00486. The van der Waals surface area contributed by atoms with Gasteiger partial charge in [0, 0.05) is 12.7 Å². The van der Waals surface area contributed by atoms with E-state index >= 15 is 0 Å². The van der Waals surface area contributed by atoms with Crippen LogP contribution in [0.3, 0.4) is 0 Å². The molecule has 5 nitrogen and oxygen atoms in total. The molecule has 1 aliphatic rings. The summed E-state index contributed by atoms with van der Waals surface area (Å²) >= 11 is 5.80. The minimum atomic E-state index is -3.75. The van der Waals surface area contributed by atoms with Gasteiger partial charge in [0.25, 0.3) is 0 Å². The van der Waals surface area contributed by atoms with E-state index in [-0.39, 0.29) is 16.6 Å². The highest BCUT2D eigenvalue weighted by Crippen LogP contribution is 2.32. The summed E-state index contributed by atoms with van der Waals surface area (Å²) in [4.78, 5) is 3.69. The van der Waals surface area contributed by atoms with E-state index in [1.165, 1.54) is 18.3 Å². The van der Waals surface area contributed by atoms with Gasteiger partial charge in [0.2, 0.25) is 10.0 Å². The van der Waals surface area contributed by atoms with E-state index in [9.17, 15) is 13.5 Å². The van der Waals surface area contributed by atoms with Gasteiger partial charge in [-0.15, -0.1) is 0 Å². The molecule has 2 atom stereocenters. The summed E-state index contributed by atoms with van der Waals surface area (Å²) in [6, 6.07) is 2.91. The van der Waals surface area contributed by atoms with E-state index < -0.39 is 15.6 Å². The topological polar surface area (TPSA) is 79.3 Å². The van der Waals surface area contributed by atoms with Crippen LogP contribution < -0.4 is 4.72 Å². The van der Waals surface area contributed by atoms with Crippen LogP contribution in [0.4, 0.5) is 0 Å². The van der Waals surface area contributed by atoms with Gasteiger partial charge in [-0.25, -0.2) is 18.1 Å². The molecule has 0 amide bonds. The first-order valence-electron chi connectivity index (χ1n) is 6.65. The van der Waals surface area contributed by atoms with Crippen molar-refractivity contribution in [2.45, 2.75) is 43.1 Å². The number of nitrogens with one attached hydrogen (secondary N) is 1. The Morgan fingerprint density at radius 1 is 1.60 bits per heavy atom. The van der Waals surface area contributed by atoms with Crippen molar-refractivity contribution in [2.24, 2.45) is 5.92 Å². The summed E-state index contributed by atoms with van der Waals surface area (Å²) in [5.41, 5.74) is -0.973. The Hall–Kier alpha value is -0.690. The molecule has 20 heavy (non-hydrogen) atoms. The highest BCUT2D eigenvalue weighted by molar-refractivity contribution is 7.89. The van der Waals surface area contributed by atoms with Crippen LogP contribution in [0.2, 0.25) is 5.15 Å². The highest BCUT2D eigenvalue weighted by Gasteiger charge is 2.34. The number of hydrogen-bond acceptors (Lipinski definition) is 4. The first-order chi connectivity index (χ1) is 9.32. The number of aromatic nitrogens is 1. The average Bonchev–Trinajstić information content (AvgIpc) is 2.37. The molecule has 1 fully saturated rings. The Balaban J connectivity index is 2.08. The molecule has 7 heteroatoms. The number of pyridine rings is 1. The summed E-state index contributed by atoms with van der Waals surface area (Å²) in [6.07, 6.45) is 4.63. The van der Waals surface area contributed by atoms with Crippen LogP contribution in [-0.4, -0.2) is 30.7 Å². The molecular weight excluding hydrogens is 300 g/mol. The molecule has 0 aromatic carbocycles. The summed E-state index contributed by atoms with van der Waals surface area (Å²) in [6.45, 7) is 2.07. The predicted octanol–water partition coefficient (Wildman–Crippen LogP) is 1.95. The smallest absolute Gasteiger partial charge is 0.243 e. The second-order valence-electron chi connectivity index (χ2n) is 5.54. The van der Waals surface area contributed by atoms with Gasteiger partial charge in [-0.1, -0.05) is 31.4 Å². The van der Waals surface area contributed by atoms with Crippen molar-refractivity contribution in [1.82, 2.24) is 9.71 Å². The fraction of sp³-hybridized carbons (Fsp3) is 0.615. The molecule has 0 spiro atoms. The zero-order valence-corrected chi connectivity index (χ0v) is 12.9. The lowest BCUT2D eigenvalue weighted by Gasteiger charge is -2.35. The molecular formula is C13H19ClN2O3S. The molecule has 1 saturated carbocycles. The molecule has 1 heterocycles. The molecule has 0 bridgehead atoms. The van der Waals surface area contributed by atoms with Crippen LogP contribution in [0.25, 0.3) is 0 Å². The molecule has 1 aliphatic carbocycles. The molecule has 0 saturated heterocycles. The molecule has 0 radical (unpaired) electrons. The van der Waals surface area contributed by atoms with Crippen molar-refractivity contribution < 1.29 is 13.5 Å². The van der Waals surface area contributed by atoms with Gasteiger partial charge in [0.15, 0.2) is 0 Å². The first kappa shape index (κ1) is 15.7. The Morgan fingerprint density at radius 2 is 2.35 bits per heavy atom. The molecule has 0 aliphatic heterocycles. The fourth-order valence-electron chi connectivity index (χ4n) is 2.67. The van der Waals surface area contributed by atoms with Gasteiger partial charge in [0.1, 0.15) is 10.0 Å². The van der Waals surface area contributed by atoms with E-state index in [1.807, 2.05) is 0 Å². The largest absolute Gasteiger partial charge is 0.389 e. The lowest BCUT2D eigenvalue weighted by molar-refractivity contribution is -0.00751. The molecule has 1 aromatic rings. The van der Waals surface area contributed by atoms with Crippen molar-refractivity contribution in [3.63, 3.8) is 0 Å². The van der Waals surface area contributed by atoms with E-state index in [1.54, 1.807) is 0 Å². The van der Waals surface area contributed by atoms with Crippen molar-refractivity contribution >= 4 is 21.6 Å². The zero-order valence-electron chi connectivity index (χ0n) is 11.3. The Bertz CT molecular complexity index is 579. The van der Waals surface area contributed by atoms with Crippen molar-refractivity contribution in [1.29, 1.82) is 0 Å². The van der Waals surface area contributed by atoms with Crippen LogP contribution in [0.15, 0.2) is 23.2 Å². The van der Waals surface area contributed by atoms with Gasteiger partial charge >= 0.3 is 0 Å². The molecule has 2 N–H and O–H groups in total. The van der Waals surface area contributed by atoms with E-state index in [0.717, 1.165) is 12.8 Å². The zero-order chi connectivity index (χ0) is 14.8. The summed E-state index contributed by atoms with van der Waals surface area (Å²) in [7, 11) is -3.75. The van der Waals surface area contributed by atoms with Crippen LogP contribution in [0, 0.1) is 5.92 Å². The normalized spacial score (nSPS) is 27.4. The van der Waals surface area contributed by atoms with Crippen LogP contribution >= 0.6 is 11.6 Å². The second kappa shape index (κ2) is 5.97. The molecule has 2 unspecified atom stereocenters. The first-order valence-corrected chi connectivity index (χ1v) is 8.51. The third kappa shape index (κ3) is 3.69. The fourth-order valence-corrected chi connectivity index (χ4v) is 4.24. The van der Waals surface area contributed by atoms with E-state index in [0.29, 0.717) is 18.8 Å². The third-order valence-corrected chi connectivity index (χ3v) is 5.52. The highest BCUT2D eigenvalue weighted by atomic mass is 35.5. The summed E-state index contributed by atoms with van der Waals surface area (Å²) < 4.78 is 26.8. The average molecular weight is 319 g/mol. The van der Waals surface area contributed by atoms with Crippen LogP contribution in [0.1, 0.15) is 32.6 Å². The SMILES string of the molecule is CC1CCCC(O)(CNS(=O)(=O)c2cccnc2Cl)C1. The van der Waals surface area contributed by atoms with Gasteiger partial charge in [0.05, 0.1) is 5.60 Å². The monoisotopic (exact) mass is 318 g/mol. The van der Waals surface area contributed by atoms with E-state index in [4.69, 9.17) is 11.6 Å². The molecule has 112 valence electrons. The summed E-state index contributed by atoms with van der Waals surface area (Å²) in [5.74, 6) is 0.403. The number of hydrogen-bond donors (Lipinski definition) is 2. The maximum absolute atomic E-state index is 12.2. The number of nitrogens with zero attached hydrogens (tertiary/aromatic N) is 1. The Labute approximate surface area is 124 Å². The predicted molar refractivity (Wildman–Crippen MR) is 77.0 cm³/mol. The number of sulfonamides is 1. The Kier molecular flexibility index (Phi) is 4.69. The van der Waals surface area contributed by atoms with E-state index in [2.05, 4.69) is 16.6 Å². The van der Waals surface area contributed by atoms with Crippen LogP contribution in [0.5, 0.6) is 0 Å². The maximum atomic E-state index is 12.2. The molecule has 2 rings (SSSR count). The van der Waals surface area contributed by atoms with Gasteiger partial charge in [-0.3, -0.25) is 0 Å². The second-order valence-corrected chi connectivity index (χ2v) is 7.64. The quantitative estimate of drug-likeness (QED) is 0.832. The number of rotatable bonds is 4. The lowest BCUT2D eigenvalue weighted by atomic mass is 9.79. The summed E-state index contributed by atoms with van der Waals surface area (Å²) in [5, 5.41) is 10.4. The Morgan fingerprint density at radius 3 is 3.00 bits per heavy atom.